The van der Waals surface area contributed by atoms with Crippen molar-refractivity contribution in [2.24, 2.45) is 0 Å². The van der Waals surface area contributed by atoms with Gasteiger partial charge in [0.05, 0.1) is 0 Å². The highest BCUT2D eigenvalue weighted by Gasteiger charge is 2.46. The van der Waals surface area contributed by atoms with E-state index in [4.69, 9.17) is 11.4 Å². The third kappa shape index (κ3) is 2.48. The second-order valence-electron chi connectivity index (χ2n) is 7.12. The monoisotopic (exact) mass is 309 g/mol. The molecule has 0 unspecified atom stereocenters. The molecule has 0 saturated heterocycles. The Bertz CT molecular complexity index is 685. The van der Waals surface area contributed by atoms with E-state index in [1.54, 1.807) is 0 Å². The molecule has 0 amide bonds. The van der Waals surface area contributed by atoms with Crippen molar-refractivity contribution >= 4 is 24.2 Å². The van der Waals surface area contributed by atoms with E-state index in [9.17, 15) is 0 Å². The standard InChI is InChI=1S/C20H27NSi/c1-8-19-18-12-10-9-11-17(18)13-20(21-19)22(14(2)3,15(4)5)16(6)7/h1,9-16H,2-7H3. The van der Waals surface area contributed by atoms with Gasteiger partial charge in [-0.05, 0) is 34.0 Å². The summed E-state index contributed by atoms with van der Waals surface area (Å²) in [6.07, 6.45) is 5.76. The number of aromatic nitrogens is 1. The van der Waals surface area contributed by atoms with E-state index in [1.807, 2.05) is 6.07 Å². The van der Waals surface area contributed by atoms with Crippen molar-refractivity contribution in [2.75, 3.05) is 0 Å². The summed E-state index contributed by atoms with van der Waals surface area (Å²) in [6.45, 7) is 14.2. The Balaban J connectivity index is 2.84. The van der Waals surface area contributed by atoms with Crippen molar-refractivity contribution in [2.45, 2.75) is 58.2 Å². The largest absolute Gasteiger partial charge is 0.248 e. The average molecular weight is 310 g/mol. The summed E-state index contributed by atoms with van der Waals surface area (Å²) in [6, 6.07) is 10.6. The predicted molar refractivity (Wildman–Crippen MR) is 100 cm³/mol. The number of pyridine rings is 1. The lowest BCUT2D eigenvalue weighted by Crippen LogP contribution is -2.57. The summed E-state index contributed by atoms with van der Waals surface area (Å²) in [5.74, 6) is 2.81. The first-order valence-corrected chi connectivity index (χ1v) is 10.5. The van der Waals surface area contributed by atoms with Crippen LogP contribution in [0.5, 0.6) is 0 Å². The first-order chi connectivity index (χ1) is 10.4. The number of rotatable bonds is 4. The number of fused-ring (bicyclic) bond motifs is 1. The van der Waals surface area contributed by atoms with E-state index in [0.717, 1.165) is 11.1 Å². The Kier molecular flexibility index (Phi) is 4.77. The van der Waals surface area contributed by atoms with Crippen LogP contribution in [-0.4, -0.2) is 13.1 Å². The van der Waals surface area contributed by atoms with Crippen LogP contribution in [-0.2, 0) is 0 Å². The van der Waals surface area contributed by atoms with Crippen molar-refractivity contribution < 1.29 is 0 Å². The maximum absolute atomic E-state index is 5.76. The topological polar surface area (TPSA) is 12.9 Å². The number of hydrogen-bond donors (Lipinski definition) is 0. The van der Waals surface area contributed by atoms with Crippen molar-refractivity contribution in [1.82, 2.24) is 4.98 Å². The van der Waals surface area contributed by atoms with Gasteiger partial charge in [-0.25, -0.2) is 4.98 Å². The van der Waals surface area contributed by atoms with E-state index in [1.165, 1.54) is 10.7 Å². The Labute approximate surface area is 136 Å². The molecule has 0 aliphatic heterocycles. The van der Waals surface area contributed by atoms with Crippen LogP contribution in [0, 0.1) is 12.3 Å². The summed E-state index contributed by atoms with van der Waals surface area (Å²) >= 11 is 0. The predicted octanol–water partition coefficient (Wildman–Crippen LogP) is 5.10. The zero-order valence-electron chi connectivity index (χ0n) is 14.6. The lowest BCUT2D eigenvalue weighted by atomic mass is 10.1. The minimum Gasteiger partial charge on any atom is -0.248 e. The van der Waals surface area contributed by atoms with Gasteiger partial charge in [-0.3, -0.25) is 0 Å². The molecule has 0 saturated carbocycles. The first-order valence-electron chi connectivity index (χ1n) is 8.22. The van der Waals surface area contributed by atoms with Crippen LogP contribution in [0.2, 0.25) is 16.6 Å². The van der Waals surface area contributed by atoms with Crippen LogP contribution in [0.1, 0.15) is 47.2 Å². The van der Waals surface area contributed by atoms with Crippen molar-refractivity contribution in [3.8, 4) is 12.3 Å². The average Bonchev–Trinajstić information content (AvgIpc) is 2.45. The van der Waals surface area contributed by atoms with Gasteiger partial charge in [0.2, 0.25) is 0 Å². The molecule has 22 heavy (non-hydrogen) atoms. The van der Waals surface area contributed by atoms with Crippen LogP contribution in [0.15, 0.2) is 30.3 Å². The van der Waals surface area contributed by atoms with Gasteiger partial charge in [-0.2, -0.15) is 0 Å². The third-order valence-electron chi connectivity index (χ3n) is 5.19. The lowest BCUT2D eigenvalue weighted by Gasteiger charge is -2.42. The molecular formula is C20H27NSi. The summed E-state index contributed by atoms with van der Waals surface area (Å²) < 4.78 is 0. The van der Waals surface area contributed by atoms with Crippen LogP contribution < -0.4 is 5.32 Å². The molecule has 0 aliphatic rings. The summed E-state index contributed by atoms with van der Waals surface area (Å²) in [5, 5.41) is 3.59. The van der Waals surface area contributed by atoms with Gasteiger partial charge in [0.25, 0.3) is 0 Å². The summed E-state index contributed by atoms with van der Waals surface area (Å²) in [4.78, 5) is 4.98. The number of terminal acetylenes is 1. The zero-order valence-corrected chi connectivity index (χ0v) is 15.6. The molecule has 0 radical (unpaired) electrons. The Morgan fingerprint density at radius 3 is 2.00 bits per heavy atom. The fourth-order valence-electron chi connectivity index (χ4n) is 4.42. The molecule has 1 aromatic heterocycles. The number of hydrogen-bond acceptors (Lipinski definition) is 1. The molecular weight excluding hydrogens is 282 g/mol. The van der Waals surface area contributed by atoms with Crippen LogP contribution in [0.4, 0.5) is 0 Å². The van der Waals surface area contributed by atoms with Crippen LogP contribution in [0.25, 0.3) is 10.8 Å². The van der Waals surface area contributed by atoms with Crippen molar-refractivity contribution in [1.29, 1.82) is 0 Å². The Hall–Kier alpha value is -1.59. The van der Waals surface area contributed by atoms with Crippen molar-refractivity contribution in [3.63, 3.8) is 0 Å². The quantitative estimate of drug-likeness (QED) is 0.565. The molecule has 0 bridgehead atoms. The van der Waals surface area contributed by atoms with Gasteiger partial charge in [-0.15, -0.1) is 6.42 Å². The molecule has 0 N–H and O–H groups in total. The van der Waals surface area contributed by atoms with Gasteiger partial charge in [0.15, 0.2) is 0 Å². The molecule has 2 aromatic rings. The molecule has 2 rings (SSSR count). The van der Waals surface area contributed by atoms with E-state index in [0.29, 0.717) is 16.6 Å². The minimum absolute atomic E-state index is 0.631. The second-order valence-corrected chi connectivity index (χ2v) is 13.0. The van der Waals surface area contributed by atoms with Crippen molar-refractivity contribution in [3.05, 3.63) is 36.0 Å². The smallest absolute Gasteiger partial charge is 0.120 e. The van der Waals surface area contributed by atoms with E-state index >= 15 is 0 Å². The molecule has 1 aromatic carbocycles. The Morgan fingerprint density at radius 2 is 1.50 bits per heavy atom. The molecule has 1 nitrogen and oxygen atoms in total. The maximum atomic E-state index is 5.76. The van der Waals surface area contributed by atoms with Crippen LogP contribution in [0.3, 0.4) is 0 Å². The highest BCUT2D eigenvalue weighted by molar-refractivity contribution is 6.94. The summed E-state index contributed by atoms with van der Waals surface area (Å²) in [5.41, 5.74) is 2.69. The number of nitrogens with zero attached hydrogens (tertiary/aromatic N) is 1. The maximum Gasteiger partial charge on any atom is 0.120 e. The number of benzene rings is 1. The van der Waals surface area contributed by atoms with Gasteiger partial charge in [0.1, 0.15) is 13.8 Å². The van der Waals surface area contributed by atoms with Crippen LogP contribution >= 0.6 is 0 Å². The molecule has 0 fully saturated rings. The molecule has 0 aliphatic carbocycles. The summed E-state index contributed by atoms with van der Waals surface area (Å²) in [7, 11) is -1.78. The Morgan fingerprint density at radius 1 is 0.955 bits per heavy atom. The van der Waals surface area contributed by atoms with Gasteiger partial charge >= 0.3 is 0 Å². The molecule has 0 spiro atoms. The van der Waals surface area contributed by atoms with E-state index in [2.05, 4.69) is 71.7 Å². The highest BCUT2D eigenvalue weighted by atomic mass is 28.3. The second kappa shape index (κ2) is 6.26. The van der Waals surface area contributed by atoms with E-state index in [-0.39, 0.29) is 0 Å². The fourth-order valence-corrected chi connectivity index (χ4v) is 10.9. The molecule has 2 heteroatoms. The molecule has 1 heterocycles. The molecule has 116 valence electrons. The van der Waals surface area contributed by atoms with Gasteiger partial charge < -0.3 is 0 Å². The SMILES string of the molecule is C#Cc1nc([Si](C(C)C)(C(C)C)C(C)C)cc2ccccc12. The first kappa shape index (κ1) is 16.8. The van der Waals surface area contributed by atoms with Gasteiger partial charge in [-0.1, -0.05) is 65.8 Å². The van der Waals surface area contributed by atoms with E-state index < -0.39 is 8.07 Å². The zero-order chi connectivity index (χ0) is 16.5. The molecule has 0 atom stereocenters. The normalized spacial score (nSPS) is 12.4. The minimum atomic E-state index is -1.78. The highest BCUT2D eigenvalue weighted by Crippen LogP contribution is 2.41. The fraction of sp³-hybridized carbons (Fsp3) is 0.450. The lowest BCUT2D eigenvalue weighted by molar-refractivity contribution is 0.831. The third-order valence-corrected chi connectivity index (χ3v) is 12.1. The van der Waals surface area contributed by atoms with Gasteiger partial charge in [0, 0.05) is 10.7 Å².